The molecule has 0 saturated heterocycles. The fourth-order valence-corrected chi connectivity index (χ4v) is 3.75. The number of nitrogens with one attached hydrogen (secondary N) is 1. The van der Waals surface area contributed by atoms with Gasteiger partial charge in [-0.15, -0.1) is 11.8 Å². The molecule has 6 heteroatoms. The second-order valence-corrected chi connectivity index (χ2v) is 7.04. The molecule has 2 aromatic heterocycles. The fraction of sp³-hybridized carbons (Fsp3) is 0.211. The number of aryl methyl sites for hydroxylation is 2. The van der Waals surface area contributed by atoms with Gasteiger partial charge in [0.05, 0.1) is 17.6 Å². The molecule has 3 aromatic rings. The molecule has 0 unspecified atom stereocenters. The number of pyridine rings is 1. The first kappa shape index (κ1) is 15.9. The van der Waals surface area contributed by atoms with E-state index < -0.39 is 0 Å². The van der Waals surface area contributed by atoms with Crippen LogP contribution in [0.3, 0.4) is 0 Å². The summed E-state index contributed by atoms with van der Waals surface area (Å²) in [5, 5.41) is 2.89. The van der Waals surface area contributed by atoms with Crippen LogP contribution in [0, 0.1) is 0 Å². The lowest BCUT2D eigenvalue weighted by molar-refractivity contribution is -0.113. The number of aromatic nitrogens is 3. The smallest absolute Gasteiger partial charge is 0.234 e. The van der Waals surface area contributed by atoms with Crippen LogP contribution in [0.15, 0.2) is 60.1 Å². The number of hydrogen-bond acceptors (Lipinski definition) is 4. The van der Waals surface area contributed by atoms with Gasteiger partial charge in [0.25, 0.3) is 0 Å². The van der Waals surface area contributed by atoms with E-state index in [9.17, 15) is 4.79 Å². The number of carbonyl (C=O) groups is 1. The van der Waals surface area contributed by atoms with Crippen LogP contribution >= 0.6 is 11.8 Å². The lowest BCUT2D eigenvalue weighted by Crippen LogP contribution is -2.14. The number of fused-ring (bicyclic) bond motifs is 1. The summed E-state index contributed by atoms with van der Waals surface area (Å²) in [7, 11) is 0. The molecule has 1 aliphatic carbocycles. The number of rotatable bonds is 5. The van der Waals surface area contributed by atoms with Gasteiger partial charge in [0.15, 0.2) is 0 Å². The third kappa shape index (κ3) is 3.74. The zero-order valence-corrected chi connectivity index (χ0v) is 14.5. The molecule has 4 rings (SSSR count). The van der Waals surface area contributed by atoms with Gasteiger partial charge in [0, 0.05) is 17.3 Å². The zero-order valence-electron chi connectivity index (χ0n) is 13.7. The Kier molecular flexibility index (Phi) is 4.52. The Bertz CT molecular complexity index is 875. The van der Waals surface area contributed by atoms with E-state index in [1.807, 2.05) is 22.9 Å². The van der Waals surface area contributed by atoms with Gasteiger partial charge in [-0.05, 0) is 54.7 Å². The highest BCUT2D eigenvalue weighted by Gasteiger charge is 2.12. The van der Waals surface area contributed by atoms with Gasteiger partial charge < -0.3 is 5.32 Å². The van der Waals surface area contributed by atoms with Gasteiger partial charge in [-0.1, -0.05) is 6.07 Å². The molecule has 0 aliphatic heterocycles. The van der Waals surface area contributed by atoms with Crippen molar-refractivity contribution in [2.24, 2.45) is 0 Å². The molecule has 126 valence electrons. The monoisotopic (exact) mass is 350 g/mol. The number of nitrogens with zero attached hydrogens (tertiary/aromatic N) is 3. The lowest BCUT2D eigenvalue weighted by atomic mass is 10.1. The first-order valence-electron chi connectivity index (χ1n) is 8.27. The Morgan fingerprint density at radius 3 is 2.92 bits per heavy atom. The molecule has 0 spiro atoms. The maximum Gasteiger partial charge on any atom is 0.234 e. The number of benzene rings is 1. The van der Waals surface area contributed by atoms with Crippen molar-refractivity contribution in [2.45, 2.75) is 24.2 Å². The summed E-state index contributed by atoms with van der Waals surface area (Å²) < 4.78 is 1.81. The van der Waals surface area contributed by atoms with Crippen molar-refractivity contribution in [1.29, 1.82) is 0 Å². The van der Waals surface area contributed by atoms with E-state index in [-0.39, 0.29) is 5.91 Å². The Hall–Kier alpha value is -2.60. The van der Waals surface area contributed by atoms with E-state index in [0.29, 0.717) is 11.4 Å². The summed E-state index contributed by atoms with van der Waals surface area (Å²) in [6, 6.07) is 10.2. The fourth-order valence-electron chi connectivity index (χ4n) is 2.99. The second kappa shape index (κ2) is 7.11. The van der Waals surface area contributed by atoms with Crippen LogP contribution in [-0.2, 0) is 17.6 Å². The average molecular weight is 350 g/mol. The van der Waals surface area contributed by atoms with Gasteiger partial charge in [0.1, 0.15) is 12.1 Å². The molecule has 0 saturated carbocycles. The van der Waals surface area contributed by atoms with E-state index in [1.165, 1.54) is 24.0 Å². The number of carbonyl (C=O) groups excluding carboxylic acids is 1. The van der Waals surface area contributed by atoms with E-state index in [2.05, 4.69) is 33.5 Å². The van der Waals surface area contributed by atoms with E-state index in [1.54, 1.807) is 30.5 Å². The van der Waals surface area contributed by atoms with Crippen LogP contribution in [0.4, 0.5) is 5.69 Å². The van der Waals surface area contributed by atoms with Crippen molar-refractivity contribution in [3.8, 4) is 5.82 Å². The maximum atomic E-state index is 12.2. The van der Waals surface area contributed by atoms with Gasteiger partial charge in [-0.2, -0.15) is 0 Å². The Morgan fingerprint density at radius 1 is 1.20 bits per heavy atom. The molecule has 1 aliphatic rings. The van der Waals surface area contributed by atoms with Gasteiger partial charge in [0.2, 0.25) is 5.91 Å². The number of hydrogen-bond donors (Lipinski definition) is 1. The third-order valence-corrected chi connectivity index (χ3v) is 5.23. The quantitative estimate of drug-likeness (QED) is 0.716. The second-order valence-electron chi connectivity index (χ2n) is 6.00. The standard InChI is InChI=1S/C19H18N4OS/c24-19(12-25-17-6-4-14-2-1-3-15(14)10-17)22-16-5-7-18(21-11-16)23-9-8-20-13-23/h4-11,13H,1-3,12H2,(H,22,24). The van der Waals surface area contributed by atoms with Crippen LogP contribution in [0.2, 0.25) is 0 Å². The maximum absolute atomic E-state index is 12.2. The summed E-state index contributed by atoms with van der Waals surface area (Å²) in [5.74, 6) is 1.13. The van der Waals surface area contributed by atoms with Crippen LogP contribution in [0.1, 0.15) is 17.5 Å². The Balaban J connectivity index is 1.33. The summed E-state index contributed by atoms with van der Waals surface area (Å²) in [6.45, 7) is 0. The molecule has 1 amide bonds. The molecule has 0 bridgehead atoms. The molecular weight excluding hydrogens is 332 g/mol. The number of anilines is 1. The largest absolute Gasteiger partial charge is 0.324 e. The lowest BCUT2D eigenvalue weighted by Gasteiger charge is -2.07. The summed E-state index contributed by atoms with van der Waals surface area (Å²) in [6.07, 6.45) is 10.5. The minimum Gasteiger partial charge on any atom is -0.324 e. The van der Waals surface area contributed by atoms with Crippen LogP contribution in [-0.4, -0.2) is 26.2 Å². The van der Waals surface area contributed by atoms with E-state index >= 15 is 0 Å². The SMILES string of the molecule is O=C(CSc1ccc2c(c1)CCC2)Nc1ccc(-n2ccnc2)nc1. The van der Waals surface area contributed by atoms with E-state index in [4.69, 9.17) is 0 Å². The molecule has 0 radical (unpaired) electrons. The normalized spacial score (nSPS) is 12.8. The van der Waals surface area contributed by atoms with Gasteiger partial charge in [-0.3, -0.25) is 9.36 Å². The molecule has 5 nitrogen and oxygen atoms in total. The minimum absolute atomic E-state index is 0.0253. The van der Waals surface area contributed by atoms with Crippen molar-refractivity contribution in [3.63, 3.8) is 0 Å². The van der Waals surface area contributed by atoms with Crippen molar-refractivity contribution in [3.05, 3.63) is 66.4 Å². The molecule has 1 N–H and O–H groups in total. The predicted octanol–water partition coefficient (Wildman–Crippen LogP) is 3.49. The molecule has 25 heavy (non-hydrogen) atoms. The number of thioether (sulfide) groups is 1. The van der Waals surface area contributed by atoms with Crippen molar-refractivity contribution >= 4 is 23.4 Å². The highest BCUT2D eigenvalue weighted by atomic mass is 32.2. The predicted molar refractivity (Wildman–Crippen MR) is 99.2 cm³/mol. The van der Waals surface area contributed by atoms with Crippen molar-refractivity contribution in [2.75, 3.05) is 11.1 Å². The average Bonchev–Trinajstić information content (AvgIpc) is 3.32. The Morgan fingerprint density at radius 2 is 2.12 bits per heavy atom. The van der Waals surface area contributed by atoms with E-state index in [0.717, 1.165) is 17.1 Å². The zero-order chi connectivity index (χ0) is 17.1. The summed E-state index contributed by atoms with van der Waals surface area (Å²) >= 11 is 1.57. The van der Waals surface area contributed by atoms with Crippen LogP contribution in [0.5, 0.6) is 0 Å². The van der Waals surface area contributed by atoms with Crippen molar-refractivity contribution in [1.82, 2.24) is 14.5 Å². The molecule has 1 aromatic carbocycles. The molecular formula is C19H18N4OS. The molecule has 0 atom stereocenters. The summed E-state index contributed by atoms with van der Waals surface area (Å²) in [5.41, 5.74) is 3.59. The number of amides is 1. The van der Waals surface area contributed by atoms with Crippen LogP contribution in [0.25, 0.3) is 5.82 Å². The van der Waals surface area contributed by atoms with Crippen LogP contribution < -0.4 is 5.32 Å². The minimum atomic E-state index is -0.0253. The first-order valence-corrected chi connectivity index (χ1v) is 9.25. The number of imidazole rings is 1. The first-order chi connectivity index (χ1) is 12.3. The highest BCUT2D eigenvalue weighted by Crippen LogP contribution is 2.27. The van der Waals surface area contributed by atoms with Gasteiger partial charge >= 0.3 is 0 Å². The van der Waals surface area contributed by atoms with Crippen molar-refractivity contribution < 1.29 is 4.79 Å². The third-order valence-electron chi connectivity index (χ3n) is 4.24. The molecule has 2 heterocycles. The molecule has 0 fully saturated rings. The summed E-state index contributed by atoms with van der Waals surface area (Å²) in [4.78, 5) is 21.6. The van der Waals surface area contributed by atoms with Gasteiger partial charge in [-0.25, -0.2) is 9.97 Å². The topological polar surface area (TPSA) is 59.8 Å². The highest BCUT2D eigenvalue weighted by molar-refractivity contribution is 8.00. The Labute approximate surface area is 150 Å².